The molecule has 0 fully saturated rings. The van der Waals surface area contributed by atoms with E-state index in [1.165, 1.54) is 34.6 Å². The van der Waals surface area contributed by atoms with Crippen molar-refractivity contribution in [3.05, 3.63) is 54.1 Å². The summed E-state index contributed by atoms with van der Waals surface area (Å²) in [6.07, 6.45) is 0. The fourth-order valence-corrected chi connectivity index (χ4v) is 2.68. The van der Waals surface area contributed by atoms with Crippen LogP contribution in [0.2, 0.25) is 0 Å². The first-order valence-corrected chi connectivity index (χ1v) is 7.18. The molecule has 4 nitrogen and oxygen atoms in total. The van der Waals surface area contributed by atoms with Crippen LogP contribution in [0, 0.1) is 11.6 Å². The molecule has 0 amide bonds. The maximum atomic E-state index is 13.8. The highest BCUT2D eigenvalue weighted by atomic mass is 32.2. The molecule has 3 rings (SSSR count). The number of aryl methyl sites for hydroxylation is 1. The molecule has 3 aromatic rings. The predicted octanol–water partition coefficient (Wildman–Crippen LogP) is 3.62. The van der Waals surface area contributed by atoms with Crippen LogP contribution >= 0.6 is 11.8 Å². The maximum absolute atomic E-state index is 13.8. The van der Waals surface area contributed by atoms with Gasteiger partial charge in [0.1, 0.15) is 17.4 Å². The number of benzene rings is 2. The van der Waals surface area contributed by atoms with Crippen LogP contribution in [0.25, 0.3) is 11.4 Å². The normalized spacial score (nSPS) is 10.9. The Morgan fingerprint density at radius 3 is 2.32 bits per heavy atom. The topological polar surface area (TPSA) is 50.9 Å². The molecule has 0 saturated heterocycles. The molecule has 1 heterocycles. The summed E-state index contributed by atoms with van der Waals surface area (Å²) in [4.78, 5) is 5.02. The zero-order valence-electron chi connectivity index (χ0n) is 11.5. The number of hydrogen-bond acceptors (Lipinski definition) is 4. The van der Waals surface area contributed by atoms with Crippen molar-refractivity contribution < 1.29 is 13.9 Å². The van der Waals surface area contributed by atoms with Gasteiger partial charge in [0.2, 0.25) is 0 Å². The zero-order valence-corrected chi connectivity index (χ0v) is 12.3. The Balaban J connectivity index is 1.96. The third-order valence-electron chi connectivity index (χ3n) is 2.96. The molecule has 22 heavy (non-hydrogen) atoms. The molecule has 0 atom stereocenters. The lowest BCUT2D eigenvalue weighted by atomic mass is 10.2. The van der Waals surface area contributed by atoms with E-state index in [1.807, 2.05) is 0 Å². The Morgan fingerprint density at radius 2 is 1.68 bits per heavy atom. The quantitative estimate of drug-likeness (QED) is 0.801. The van der Waals surface area contributed by atoms with Crippen molar-refractivity contribution >= 4 is 11.8 Å². The summed E-state index contributed by atoms with van der Waals surface area (Å²) in [5.41, 5.74) is -0.240. The van der Waals surface area contributed by atoms with Gasteiger partial charge < -0.3 is 5.11 Å². The summed E-state index contributed by atoms with van der Waals surface area (Å²) in [5.74, 6) is -1.24. The summed E-state index contributed by atoms with van der Waals surface area (Å²) in [5, 5.41) is 13.8. The van der Waals surface area contributed by atoms with Gasteiger partial charge in [-0.15, -0.1) is 0 Å². The van der Waals surface area contributed by atoms with Crippen molar-refractivity contribution in [3.63, 3.8) is 0 Å². The van der Waals surface area contributed by atoms with Crippen molar-refractivity contribution in [2.24, 2.45) is 7.05 Å². The van der Waals surface area contributed by atoms with Crippen molar-refractivity contribution in [1.82, 2.24) is 14.8 Å². The molecular formula is C15H11F2N3OS. The summed E-state index contributed by atoms with van der Waals surface area (Å²) < 4.78 is 29.0. The minimum Gasteiger partial charge on any atom is -0.508 e. The van der Waals surface area contributed by atoms with Gasteiger partial charge in [0.05, 0.1) is 5.56 Å². The highest BCUT2D eigenvalue weighted by Gasteiger charge is 2.17. The standard InChI is InChI=1S/C15H11F2N3OS/c1-20-15(22-10-7-5-9(21)6-8-10)18-14(19-20)13-11(16)3-2-4-12(13)17/h2-8,21H,1H3. The fraction of sp³-hybridized carbons (Fsp3) is 0.0667. The van der Waals surface area contributed by atoms with E-state index in [9.17, 15) is 13.9 Å². The van der Waals surface area contributed by atoms with Gasteiger partial charge >= 0.3 is 0 Å². The Morgan fingerprint density at radius 1 is 1.05 bits per heavy atom. The van der Waals surface area contributed by atoms with Crippen molar-refractivity contribution in [1.29, 1.82) is 0 Å². The second-order valence-corrected chi connectivity index (χ2v) is 5.57. The number of halogens is 2. The van der Waals surface area contributed by atoms with Crippen LogP contribution in [-0.4, -0.2) is 19.9 Å². The van der Waals surface area contributed by atoms with Gasteiger partial charge in [-0.1, -0.05) is 17.8 Å². The van der Waals surface area contributed by atoms with E-state index < -0.39 is 11.6 Å². The van der Waals surface area contributed by atoms with Gasteiger partial charge in [0.15, 0.2) is 11.0 Å². The summed E-state index contributed by atoms with van der Waals surface area (Å²) in [7, 11) is 1.65. The minimum atomic E-state index is -0.702. The largest absolute Gasteiger partial charge is 0.508 e. The van der Waals surface area contributed by atoms with Gasteiger partial charge in [-0.25, -0.2) is 18.4 Å². The highest BCUT2D eigenvalue weighted by molar-refractivity contribution is 7.99. The van der Waals surface area contributed by atoms with Crippen LogP contribution in [0.4, 0.5) is 8.78 Å². The van der Waals surface area contributed by atoms with E-state index in [2.05, 4.69) is 10.1 Å². The SMILES string of the molecule is Cn1nc(-c2c(F)cccc2F)nc1Sc1ccc(O)cc1. The molecular weight excluding hydrogens is 308 g/mol. The molecule has 0 aliphatic carbocycles. The molecule has 0 spiro atoms. The highest BCUT2D eigenvalue weighted by Crippen LogP contribution is 2.30. The Labute approximate surface area is 129 Å². The average molecular weight is 319 g/mol. The van der Waals surface area contributed by atoms with E-state index in [1.54, 1.807) is 31.3 Å². The Bertz CT molecular complexity index is 798. The van der Waals surface area contributed by atoms with Crippen LogP contribution in [0.3, 0.4) is 0 Å². The van der Waals surface area contributed by atoms with E-state index in [4.69, 9.17) is 0 Å². The lowest BCUT2D eigenvalue weighted by Crippen LogP contribution is -1.94. The third kappa shape index (κ3) is 2.80. The minimum absolute atomic E-state index is 0.000576. The van der Waals surface area contributed by atoms with Crippen LogP contribution in [0.1, 0.15) is 0 Å². The molecule has 0 bridgehead atoms. The molecule has 0 unspecified atom stereocenters. The smallest absolute Gasteiger partial charge is 0.191 e. The van der Waals surface area contributed by atoms with Gasteiger partial charge in [0, 0.05) is 11.9 Å². The summed E-state index contributed by atoms with van der Waals surface area (Å²) in [6.45, 7) is 0. The number of aromatic nitrogens is 3. The second-order valence-electron chi connectivity index (χ2n) is 4.53. The van der Waals surface area contributed by atoms with Gasteiger partial charge in [-0.05, 0) is 36.4 Å². The molecule has 0 aliphatic heterocycles. The molecule has 2 aromatic carbocycles. The molecule has 1 N–H and O–H groups in total. The first kappa shape index (κ1) is 14.5. The monoisotopic (exact) mass is 319 g/mol. The predicted molar refractivity (Wildman–Crippen MR) is 78.6 cm³/mol. The van der Waals surface area contributed by atoms with Gasteiger partial charge in [-0.2, -0.15) is 5.10 Å². The summed E-state index contributed by atoms with van der Waals surface area (Å²) in [6, 6.07) is 10.2. The van der Waals surface area contributed by atoms with E-state index in [-0.39, 0.29) is 17.1 Å². The number of hydrogen-bond donors (Lipinski definition) is 1. The molecule has 112 valence electrons. The van der Waals surface area contributed by atoms with E-state index in [0.717, 1.165) is 4.90 Å². The van der Waals surface area contributed by atoms with Crippen LogP contribution < -0.4 is 0 Å². The second kappa shape index (κ2) is 5.76. The van der Waals surface area contributed by atoms with E-state index in [0.29, 0.717) is 5.16 Å². The number of phenolic OH excluding ortho intramolecular Hbond substituents is 1. The number of nitrogens with zero attached hydrogens (tertiary/aromatic N) is 3. The Kier molecular flexibility index (Phi) is 3.81. The number of phenols is 1. The first-order chi connectivity index (χ1) is 10.5. The van der Waals surface area contributed by atoms with Crippen LogP contribution in [-0.2, 0) is 7.05 Å². The third-order valence-corrected chi connectivity index (χ3v) is 4.00. The van der Waals surface area contributed by atoms with Crippen molar-refractivity contribution in [2.75, 3.05) is 0 Å². The molecule has 1 aromatic heterocycles. The fourth-order valence-electron chi connectivity index (χ4n) is 1.90. The van der Waals surface area contributed by atoms with Crippen LogP contribution in [0.5, 0.6) is 5.75 Å². The van der Waals surface area contributed by atoms with Crippen molar-refractivity contribution in [2.45, 2.75) is 10.1 Å². The summed E-state index contributed by atoms with van der Waals surface area (Å²) >= 11 is 1.28. The average Bonchev–Trinajstić information content (AvgIpc) is 2.82. The van der Waals surface area contributed by atoms with Crippen molar-refractivity contribution in [3.8, 4) is 17.1 Å². The molecule has 0 aliphatic rings. The molecule has 7 heteroatoms. The lowest BCUT2D eigenvalue weighted by Gasteiger charge is -2.00. The first-order valence-electron chi connectivity index (χ1n) is 6.37. The van der Waals surface area contributed by atoms with Gasteiger partial charge in [-0.3, -0.25) is 0 Å². The number of rotatable bonds is 3. The number of aromatic hydroxyl groups is 1. The Hall–Kier alpha value is -2.41. The van der Waals surface area contributed by atoms with Crippen LogP contribution in [0.15, 0.2) is 52.5 Å². The maximum Gasteiger partial charge on any atom is 0.191 e. The molecule has 0 radical (unpaired) electrons. The van der Waals surface area contributed by atoms with Gasteiger partial charge in [0.25, 0.3) is 0 Å². The molecule has 0 saturated carbocycles. The zero-order chi connectivity index (χ0) is 15.7. The van der Waals surface area contributed by atoms with E-state index >= 15 is 0 Å². The lowest BCUT2D eigenvalue weighted by molar-refractivity contribution is 0.475.